The highest BCUT2D eigenvalue weighted by Gasteiger charge is 2.15. The molecule has 2 heteroatoms. The summed E-state index contributed by atoms with van der Waals surface area (Å²) in [4.78, 5) is 4.39. The lowest BCUT2D eigenvalue weighted by Crippen LogP contribution is -2.35. The van der Waals surface area contributed by atoms with Crippen molar-refractivity contribution >= 4 is 0 Å². The molecule has 1 aromatic rings. The van der Waals surface area contributed by atoms with Crippen LogP contribution in [0.3, 0.4) is 0 Å². The summed E-state index contributed by atoms with van der Waals surface area (Å²) in [6, 6.07) is 6.79. The molecule has 0 radical (unpaired) electrons. The van der Waals surface area contributed by atoms with E-state index in [1.165, 1.54) is 25.0 Å². The Hall–Kier alpha value is -0.890. The first-order valence-electron chi connectivity index (χ1n) is 6.91. The van der Waals surface area contributed by atoms with Crippen molar-refractivity contribution in [2.24, 2.45) is 5.92 Å². The van der Waals surface area contributed by atoms with Crippen LogP contribution in [-0.2, 0) is 6.42 Å². The van der Waals surface area contributed by atoms with E-state index in [0.29, 0.717) is 6.04 Å². The summed E-state index contributed by atoms with van der Waals surface area (Å²) in [6.07, 6.45) is 6.72. The lowest BCUT2D eigenvalue weighted by Gasteiger charge is -2.24. The molecule has 0 saturated heterocycles. The number of nitrogens with one attached hydrogen (secondary N) is 1. The second kappa shape index (κ2) is 8.24. The fourth-order valence-corrected chi connectivity index (χ4v) is 2.36. The minimum atomic E-state index is 0.627. The molecule has 0 saturated carbocycles. The Morgan fingerprint density at radius 3 is 2.65 bits per heavy atom. The van der Waals surface area contributed by atoms with Crippen LogP contribution in [0.25, 0.3) is 0 Å². The van der Waals surface area contributed by atoms with Crippen molar-refractivity contribution in [3.05, 3.63) is 30.1 Å². The standard InChI is InChI=1S/C15H26N2/c1-4-8-13(3)15(16-5-2)11-10-14-9-6-7-12-17-14/h6-7,9,12-13,15-16H,4-5,8,10-11H2,1-3H3. The third-order valence-electron chi connectivity index (χ3n) is 3.33. The normalized spacial score (nSPS) is 14.5. The number of nitrogens with zero attached hydrogens (tertiary/aromatic N) is 1. The number of aromatic nitrogens is 1. The molecule has 0 aliphatic carbocycles. The number of pyridine rings is 1. The van der Waals surface area contributed by atoms with Gasteiger partial charge < -0.3 is 5.32 Å². The second-order valence-electron chi connectivity index (χ2n) is 4.79. The van der Waals surface area contributed by atoms with E-state index in [0.717, 1.165) is 18.9 Å². The Morgan fingerprint density at radius 2 is 2.06 bits per heavy atom. The summed E-state index contributed by atoms with van der Waals surface area (Å²) in [7, 11) is 0. The third-order valence-corrected chi connectivity index (χ3v) is 3.33. The molecule has 2 nitrogen and oxygen atoms in total. The Kier molecular flexibility index (Phi) is 6.87. The van der Waals surface area contributed by atoms with E-state index >= 15 is 0 Å². The van der Waals surface area contributed by atoms with E-state index in [9.17, 15) is 0 Å². The summed E-state index contributed by atoms with van der Waals surface area (Å²) >= 11 is 0. The molecule has 2 unspecified atom stereocenters. The number of hydrogen-bond donors (Lipinski definition) is 1. The molecular formula is C15H26N2. The fourth-order valence-electron chi connectivity index (χ4n) is 2.36. The van der Waals surface area contributed by atoms with Gasteiger partial charge in [-0.05, 0) is 43.9 Å². The molecule has 0 spiro atoms. The maximum absolute atomic E-state index is 4.39. The van der Waals surface area contributed by atoms with Crippen molar-refractivity contribution in [2.75, 3.05) is 6.54 Å². The van der Waals surface area contributed by atoms with Gasteiger partial charge in [-0.2, -0.15) is 0 Å². The highest BCUT2D eigenvalue weighted by molar-refractivity contribution is 5.03. The average molecular weight is 234 g/mol. The van der Waals surface area contributed by atoms with Crippen LogP contribution in [0.2, 0.25) is 0 Å². The Labute approximate surface area is 106 Å². The highest BCUT2D eigenvalue weighted by Crippen LogP contribution is 2.15. The summed E-state index contributed by atoms with van der Waals surface area (Å²) in [5.74, 6) is 0.753. The first kappa shape index (κ1) is 14.2. The van der Waals surface area contributed by atoms with Crippen molar-refractivity contribution in [1.29, 1.82) is 0 Å². The smallest absolute Gasteiger partial charge is 0.0404 e. The molecule has 96 valence electrons. The number of hydrogen-bond acceptors (Lipinski definition) is 2. The molecule has 0 aliphatic heterocycles. The van der Waals surface area contributed by atoms with Gasteiger partial charge >= 0.3 is 0 Å². The van der Waals surface area contributed by atoms with Gasteiger partial charge in [0.2, 0.25) is 0 Å². The van der Waals surface area contributed by atoms with Crippen molar-refractivity contribution < 1.29 is 0 Å². The van der Waals surface area contributed by atoms with Gasteiger partial charge in [-0.1, -0.05) is 33.3 Å². The second-order valence-corrected chi connectivity index (χ2v) is 4.79. The highest BCUT2D eigenvalue weighted by atomic mass is 14.9. The lowest BCUT2D eigenvalue weighted by molar-refractivity contribution is 0.341. The molecule has 1 N–H and O–H groups in total. The predicted octanol–water partition coefficient (Wildman–Crippen LogP) is 3.43. The van der Waals surface area contributed by atoms with E-state index in [1.54, 1.807) is 0 Å². The summed E-state index contributed by atoms with van der Waals surface area (Å²) in [6.45, 7) is 7.86. The van der Waals surface area contributed by atoms with Crippen LogP contribution in [0.5, 0.6) is 0 Å². The van der Waals surface area contributed by atoms with Crippen molar-refractivity contribution in [1.82, 2.24) is 10.3 Å². The van der Waals surface area contributed by atoms with Gasteiger partial charge in [0.05, 0.1) is 0 Å². The minimum absolute atomic E-state index is 0.627. The van der Waals surface area contributed by atoms with E-state index in [2.05, 4.69) is 43.2 Å². The van der Waals surface area contributed by atoms with Crippen molar-refractivity contribution in [3.8, 4) is 0 Å². The Balaban J connectivity index is 2.43. The Bertz CT molecular complexity index is 284. The van der Waals surface area contributed by atoms with Gasteiger partial charge in [-0.3, -0.25) is 4.98 Å². The van der Waals surface area contributed by atoms with Crippen molar-refractivity contribution in [2.45, 2.75) is 52.5 Å². The molecule has 2 atom stereocenters. The van der Waals surface area contributed by atoms with Crippen LogP contribution >= 0.6 is 0 Å². The number of rotatable bonds is 8. The topological polar surface area (TPSA) is 24.9 Å². The van der Waals surface area contributed by atoms with Crippen LogP contribution in [-0.4, -0.2) is 17.6 Å². The molecule has 1 rings (SSSR count). The van der Waals surface area contributed by atoms with Gasteiger partial charge in [0.25, 0.3) is 0 Å². The lowest BCUT2D eigenvalue weighted by atomic mass is 9.92. The monoisotopic (exact) mass is 234 g/mol. The average Bonchev–Trinajstić information content (AvgIpc) is 2.36. The van der Waals surface area contributed by atoms with E-state index < -0.39 is 0 Å². The molecule has 0 bridgehead atoms. The maximum atomic E-state index is 4.39. The first-order chi connectivity index (χ1) is 8.27. The quantitative estimate of drug-likeness (QED) is 0.745. The largest absolute Gasteiger partial charge is 0.314 e. The molecule has 1 heterocycles. The van der Waals surface area contributed by atoms with Gasteiger partial charge in [0.15, 0.2) is 0 Å². The van der Waals surface area contributed by atoms with Gasteiger partial charge in [0.1, 0.15) is 0 Å². The van der Waals surface area contributed by atoms with Crippen LogP contribution in [0, 0.1) is 5.92 Å². The molecule has 17 heavy (non-hydrogen) atoms. The summed E-state index contributed by atoms with van der Waals surface area (Å²) < 4.78 is 0. The zero-order valence-electron chi connectivity index (χ0n) is 11.4. The van der Waals surface area contributed by atoms with Crippen LogP contribution in [0.15, 0.2) is 24.4 Å². The fraction of sp³-hybridized carbons (Fsp3) is 0.667. The third kappa shape index (κ3) is 5.31. The first-order valence-corrected chi connectivity index (χ1v) is 6.91. The molecular weight excluding hydrogens is 208 g/mol. The molecule has 0 fully saturated rings. The van der Waals surface area contributed by atoms with Crippen LogP contribution < -0.4 is 5.32 Å². The zero-order valence-corrected chi connectivity index (χ0v) is 11.4. The van der Waals surface area contributed by atoms with Gasteiger partial charge in [-0.25, -0.2) is 0 Å². The van der Waals surface area contributed by atoms with E-state index in [-0.39, 0.29) is 0 Å². The molecule has 0 amide bonds. The van der Waals surface area contributed by atoms with Crippen molar-refractivity contribution in [3.63, 3.8) is 0 Å². The maximum Gasteiger partial charge on any atom is 0.0404 e. The zero-order chi connectivity index (χ0) is 12.5. The molecule has 1 aromatic heterocycles. The van der Waals surface area contributed by atoms with Gasteiger partial charge in [0, 0.05) is 17.9 Å². The van der Waals surface area contributed by atoms with Crippen LogP contribution in [0.4, 0.5) is 0 Å². The molecule has 0 aliphatic rings. The predicted molar refractivity (Wildman–Crippen MR) is 74.1 cm³/mol. The SMILES string of the molecule is CCCC(C)C(CCc1ccccn1)NCC. The number of aryl methyl sites for hydroxylation is 1. The van der Waals surface area contributed by atoms with Gasteiger partial charge in [-0.15, -0.1) is 0 Å². The van der Waals surface area contributed by atoms with E-state index in [4.69, 9.17) is 0 Å². The Morgan fingerprint density at radius 1 is 1.24 bits per heavy atom. The summed E-state index contributed by atoms with van der Waals surface area (Å²) in [5.41, 5.74) is 1.21. The minimum Gasteiger partial charge on any atom is -0.314 e. The summed E-state index contributed by atoms with van der Waals surface area (Å²) in [5, 5.41) is 3.61. The van der Waals surface area contributed by atoms with Crippen LogP contribution in [0.1, 0.15) is 45.7 Å². The molecule has 0 aromatic carbocycles. The van der Waals surface area contributed by atoms with E-state index in [1.807, 2.05) is 12.3 Å².